The van der Waals surface area contributed by atoms with Gasteiger partial charge in [-0.1, -0.05) is 25.1 Å². The lowest BCUT2D eigenvalue weighted by Gasteiger charge is -2.19. The summed E-state index contributed by atoms with van der Waals surface area (Å²) in [6, 6.07) is 12.9. The van der Waals surface area contributed by atoms with E-state index < -0.39 is 10.0 Å². The maximum Gasteiger partial charge on any atom is 0.258 e. The van der Waals surface area contributed by atoms with E-state index in [-0.39, 0.29) is 22.8 Å². The monoisotopic (exact) mass is 429 g/mol. The fraction of sp³-hybridized carbons (Fsp3) is 0.250. The van der Waals surface area contributed by atoms with Gasteiger partial charge in [-0.15, -0.1) is 0 Å². The number of aromatic amines is 1. The number of nitrogens with one attached hydrogen (secondary N) is 2. The van der Waals surface area contributed by atoms with Crippen molar-refractivity contribution in [2.75, 3.05) is 18.4 Å². The topological polar surface area (TPSA) is 138 Å². The summed E-state index contributed by atoms with van der Waals surface area (Å²) in [6.07, 6.45) is 0.186. The molecule has 10 heteroatoms. The molecule has 158 valence electrons. The van der Waals surface area contributed by atoms with Crippen LogP contribution in [0.2, 0.25) is 0 Å². The Morgan fingerprint density at radius 2 is 1.97 bits per heavy atom. The van der Waals surface area contributed by atoms with Crippen LogP contribution in [0.4, 0.5) is 5.69 Å². The highest BCUT2D eigenvalue weighted by atomic mass is 32.2. The molecule has 0 saturated heterocycles. The van der Waals surface area contributed by atoms with E-state index in [1.165, 1.54) is 18.2 Å². The van der Waals surface area contributed by atoms with Crippen molar-refractivity contribution in [1.82, 2.24) is 14.9 Å². The molecule has 30 heavy (non-hydrogen) atoms. The van der Waals surface area contributed by atoms with Gasteiger partial charge in [-0.25, -0.2) is 18.5 Å². The van der Waals surface area contributed by atoms with E-state index in [2.05, 4.69) is 15.3 Å². The lowest BCUT2D eigenvalue weighted by Crippen LogP contribution is -2.29. The number of nitrogens with two attached hydrogens (primary N) is 1. The van der Waals surface area contributed by atoms with Gasteiger partial charge < -0.3 is 10.3 Å². The number of hydrogen-bond acceptors (Lipinski definition) is 6. The number of nitrogens with zero attached hydrogens (tertiary/aromatic N) is 2. The molecule has 1 amide bonds. The van der Waals surface area contributed by atoms with E-state index in [0.29, 0.717) is 42.0 Å². The van der Waals surface area contributed by atoms with E-state index in [1.54, 1.807) is 24.3 Å². The van der Waals surface area contributed by atoms with E-state index >= 15 is 0 Å². The molecule has 2 aromatic carbocycles. The molecule has 0 unspecified atom stereocenters. The lowest BCUT2D eigenvalue weighted by atomic mass is 10.2. The van der Waals surface area contributed by atoms with Gasteiger partial charge in [0.05, 0.1) is 22.3 Å². The van der Waals surface area contributed by atoms with Gasteiger partial charge in [-0.3, -0.25) is 14.5 Å². The molecule has 0 aliphatic carbocycles. The van der Waals surface area contributed by atoms with Crippen molar-refractivity contribution < 1.29 is 13.2 Å². The number of aromatic nitrogens is 2. The number of fused-ring (bicyclic) bond motifs is 1. The van der Waals surface area contributed by atoms with Crippen molar-refractivity contribution in [3.05, 3.63) is 64.7 Å². The molecule has 3 aromatic rings. The minimum absolute atomic E-state index is 0.0678. The van der Waals surface area contributed by atoms with Crippen LogP contribution in [0.15, 0.2) is 58.2 Å². The molecule has 9 nitrogen and oxygen atoms in total. The van der Waals surface area contributed by atoms with Gasteiger partial charge in [-0.05, 0) is 36.9 Å². The van der Waals surface area contributed by atoms with E-state index in [1.807, 2.05) is 17.9 Å². The maximum absolute atomic E-state index is 12.3. The average molecular weight is 430 g/mol. The van der Waals surface area contributed by atoms with Crippen LogP contribution >= 0.6 is 0 Å². The number of carbonyl (C=O) groups excluding carboxylic acids is 1. The van der Waals surface area contributed by atoms with Crippen molar-refractivity contribution >= 4 is 32.5 Å². The zero-order valence-corrected chi connectivity index (χ0v) is 17.3. The van der Waals surface area contributed by atoms with E-state index in [0.717, 1.165) is 0 Å². The lowest BCUT2D eigenvalue weighted by molar-refractivity contribution is -0.116. The molecular weight excluding hydrogens is 406 g/mol. The quantitative estimate of drug-likeness (QED) is 0.495. The third-order valence-corrected chi connectivity index (χ3v) is 5.49. The molecule has 1 aromatic heterocycles. The van der Waals surface area contributed by atoms with E-state index in [4.69, 9.17) is 5.14 Å². The van der Waals surface area contributed by atoms with Crippen molar-refractivity contribution in [2.45, 2.75) is 24.8 Å². The first-order valence-corrected chi connectivity index (χ1v) is 10.9. The molecule has 0 bridgehead atoms. The minimum atomic E-state index is -3.84. The highest BCUT2D eigenvalue weighted by molar-refractivity contribution is 7.89. The zero-order chi connectivity index (χ0) is 21.7. The van der Waals surface area contributed by atoms with E-state index in [9.17, 15) is 18.0 Å². The number of rotatable bonds is 8. The Hall–Kier alpha value is -3.08. The predicted octanol–water partition coefficient (Wildman–Crippen LogP) is 1.42. The molecule has 1 heterocycles. The van der Waals surface area contributed by atoms with Crippen molar-refractivity contribution in [1.29, 1.82) is 0 Å². The number of anilines is 1. The molecule has 0 aliphatic rings. The number of H-pyrrole nitrogens is 1. The van der Waals surface area contributed by atoms with Gasteiger partial charge in [0.1, 0.15) is 5.82 Å². The number of benzene rings is 2. The van der Waals surface area contributed by atoms with Crippen molar-refractivity contribution in [3.8, 4) is 0 Å². The number of hydrogen-bond donors (Lipinski definition) is 3. The minimum Gasteiger partial charge on any atom is -0.326 e. The number of primary sulfonamides is 1. The fourth-order valence-corrected chi connectivity index (χ4v) is 3.56. The van der Waals surface area contributed by atoms with Gasteiger partial charge in [-0.2, -0.15) is 0 Å². The van der Waals surface area contributed by atoms with Gasteiger partial charge >= 0.3 is 0 Å². The Balaban J connectivity index is 1.62. The fourth-order valence-electron chi connectivity index (χ4n) is 3.00. The second-order valence-electron chi connectivity index (χ2n) is 6.77. The summed E-state index contributed by atoms with van der Waals surface area (Å²) in [5.41, 5.74) is 0.786. The summed E-state index contributed by atoms with van der Waals surface area (Å²) in [4.78, 5) is 33.7. The smallest absolute Gasteiger partial charge is 0.258 e. The van der Waals surface area contributed by atoms with Crippen LogP contribution in [0.25, 0.3) is 10.9 Å². The van der Waals surface area contributed by atoms with Crippen LogP contribution in [-0.4, -0.2) is 42.3 Å². The van der Waals surface area contributed by atoms with Crippen LogP contribution in [0.1, 0.15) is 19.2 Å². The second kappa shape index (κ2) is 9.16. The SMILES string of the molecule is CCN(CCC(=O)Nc1cccc(S(N)(=O)=O)c1)Cc1nc2ccccc2c(=O)[nH]1. The number of para-hydroxylation sites is 1. The van der Waals surface area contributed by atoms with Crippen molar-refractivity contribution in [3.63, 3.8) is 0 Å². The van der Waals surface area contributed by atoms with Crippen LogP contribution < -0.4 is 16.0 Å². The Morgan fingerprint density at radius 3 is 2.70 bits per heavy atom. The highest BCUT2D eigenvalue weighted by Crippen LogP contribution is 2.14. The van der Waals surface area contributed by atoms with Gasteiger partial charge in [0, 0.05) is 18.7 Å². The molecule has 0 aliphatic heterocycles. The average Bonchev–Trinajstić information content (AvgIpc) is 2.70. The summed E-state index contributed by atoms with van der Waals surface area (Å²) in [5.74, 6) is 0.266. The van der Waals surface area contributed by atoms with Crippen LogP contribution in [0.3, 0.4) is 0 Å². The Kier molecular flexibility index (Phi) is 6.60. The molecule has 4 N–H and O–H groups in total. The summed E-state index contributed by atoms with van der Waals surface area (Å²) in [7, 11) is -3.84. The standard InChI is InChI=1S/C20H23N5O4S/c1-2-25(13-18-23-17-9-4-3-8-16(17)20(27)24-18)11-10-19(26)22-14-6-5-7-15(12-14)30(21,28)29/h3-9,12H,2,10-11,13H2,1H3,(H,22,26)(H2,21,28,29)(H,23,24,27). The normalized spacial score (nSPS) is 11.7. The molecule has 0 atom stereocenters. The molecule has 3 rings (SSSR count). The molecule has 0 saturated carbocycles. The highest BCUT2D eigenvalue weighted by Gasteiger charge is 2.12. The van der Waals surface area contributed by atoms with Crippen molar-refractivity contribution in [2.24, 2.45) is 5.14 Å². The Labute approximate surface area is 174 Å². The largest absolute Gasteiger partial charge is 0.326 e. The van der Waals surface area contributed by atoms with Crippen LogP contribution in [0, 0.1) is 0 Å². The number of sulfonamides is 1. The summed E-state index contributed by atoms with van der Waals surface area (Å²) in [6.45, 7) is 3.44. The van der Waals surface area contributed by atoms with Gasteiger partial charge in [0.15, 0.2) is 0 Å². The van der Waals surface area contributed by atoms with Crippen LogP contribution in [-0.2, 0) is 21.4 Å². The van der Waals surface area contributed by atoms with Crippen LogP contribution in [0.5, 0.6) is 0 Å². The third kappa shape index (κ3) is 5.50. The third-order valence-electron chi connectivity index (χ3n) is 4.58. The summed E-state index contributed by atoms with van der Waals surface area (Å²) >= 11 is 0. The predicted molar refractivity (Wildman–Crippen MR) is 114 cm³/mol. The first kappa shape index (κ1) is 21.6. The number of amides is 1. The molecule has 0 radical (unpaired) electrons. The zero-order valence-electron chi connectivity index (χ0n) is 16.5. The number of carbonyl (C=O) groups is 1. The second-order valence-corrected chi connectivity index (χ2v) is 8.33. The first-order chi connectivity index (χ1) is 14.3. The molecular formula is C20H23N5O4S. The first-order valence-electron chi connectivity index (χ1n) is 9.39. The molecule has 0 fully saturated rings. The maximum atomic E-state index is 12.3. The van der Waals surface area contributed by atoms with Gasteiger partial charge in [0.25, 0.3) is 5.56 Å². The molecule has 0 spiro atoms. The Bertz CT molecular complexity index is 1220. The Morgan fingerprint density at radius 1 is 1.20 bits per heavy atom. The summed E-state index contributed by atoms with van der Waals surface area (Å²) < 4.78 is 22.9. The summed E-state index contributed by atoms with van der Waals surface area (Å²) in [5, 5.41) is 8.32. The van der Waals surface area contributed by atoms with Gasteiger partial charge in [0.2, 0.25) is 15.9 Å².